The van der Waals surface area contributed by atoms with Crippen LogP contribution in [0, 0.1) is 0 Å². The van der Waals surface area contributed by atoms with Gasteiger partial charge in [-0.3, -0.25) is 4.79 Å². The molecule has 0 bridgehead atoms. The third-order valence-electron chi connectivity index (χ3n) is 0.786. The first-order chi connectivity index (χ1) is 5.04. The molecule has 0 heterocycles. The average Bonchev–Trinajstić information content (AvgIpc) is 1.86. The van der Waals surface area contributed by atoms with Gasteiger partial charge >= 0.3 is 11.9 Å². The molecule has 0 rings (SSSR count). The molecule has 0 aromatic carbocycles. The molecule has 6 heteroatoms. The van der Waals surface area contributed by atoms with Gasteiger partial charge in [0.1, 0.15) is 0 Å². The molecule has 3 N–H and O–H groups in total. The zero-order valence-corrected chi connectivity index (χ0v) is 6.37. The van der Waals surface area contributed by atoms with Crippen LogP contribution in [0.4, 0.5) is 0 Å². The van der Waals surface area contributed by atoms with Crippen LogP contribution >= 0.6 is 11.8 Å². The quantitative estimate of drug-likeness (QED) is 0.515. The summed E-state index contributed by atoms with van der Waals surface area (Å²) in [6.07, 6.45) is -1.47. The minimum atomic E-state index is -1.47. The fraction of sp³-hybridized carbons (Fsp3) is 0.600. The van der Waals surface area contributed by atoms with E-state index in [0.717, 1.165) is 11.8 Å². The lowest BCUT2D eigenvalue weighted by Gasteiger charge is -2.01. The Morgan fingerprint density at radius 3 is 2.27 bits per heavy atom. The topological polar surface area (TPSA) is 94.8 Å². The van der Waals surface area contributed by atoms with Gasteiger partial charge in [-0.05, 0) is 0 Å². The lowest BCUT2D eigenvalue weighted by atomic mass is 10.4. The normalized spacial score (nSPS) is 12.5. The highest BCUT2D eigenvalue weighted by Crippen LogP contribution is 2.02. The largest absolute Gasteiger partial charge is 0.481 e. The smallest absolute Gasteiger partial charge is 0.333 e. The van der Waals surface area contributed by atoms with Gasteiger partial charge < -0.3 is 15.3 Å². The maximum Gasteiger partial charge on any atom is 0.333 e. The van der Waals surface area contributed by atoms with Gasteiger partial charge in [0, 0.05) is 5.75 Å². The minimum Gasteiger partial charge on any atom is -0.481 e. The van der Waals surface area contributed by atoms with E-state index >= 15 is 0 Å². The van der Waals surface area contributed by atoms with Gasteiger partial charge in [0.2, 0.25) is 0 Å². The summed E-state index contributed by atoms with van der Waals surface area (Å²) in [6, 6.07) is 0. The Labute approximate surface area is 67.0 Å². The maximum atomic E-state index is 9.96. The van der Waals surface area contributed by atoms with E-state index in [1.807, 2.05) is 0 Å². The average molecular weight is 180 g/mol. The van der Waals surface area contributed by atoms with Gasteiger partial charge in [0.05, 0.1) is 5.75 Å². The van der Waals surface area contributed by atoms with Crippen LogP contribution in [0.3, 0.4) is 0 Å². The first-order valence-corrected chi connectivity index (χ1v) is 3.90. The highest BCUT2D eigenvalue weighted by molar-refractivity contribution is 8.00. The Hall–Kier alpha value is -0.750. The molecule has 0 saturated carbocycles. The third kappa shape index (κ3) is 5.68. The number of aliphatic carboxylic acids is 2. The van der Waals surface area contributed by atoms with Crippen molar-refractivity contribution in [1.29, 1.82) is 0 Å². The standard InChI is InChI=1S/C5H8O5S/c6-3(5(9)10)1-11-2-4(7)8/h3,6H,1-2H2,(H,7,8)(H,9,10). The van der Waals surface area contributed by atoms with Gasteiger partial charge in [-0.25, -0.2) is 4.79 Å². The van der Waals surface area contributed by atoms with E-state index < -0.39 is 18.0 Å². The Kier molecular flexibility index (Phi) is 4.64. The Morgan fingerprint density at radius 1 is 1.36 bits per heavy atom. The third-order valence-corrected chi connectivity index (χ3v) is 1.79. The predicted octanol–water partition coefficient (Wildman–Crippen LogP) is -0.750. The van der Waals surface area contributed by atoms with Crippen molar-refractivity contribution >= 4 is 23.7 Å². The molecule has 0 fully saturated rings. The second-order valence-corrected chi connectivity index (χ2v) is 2.79. The molecule has 0 aliphatic rings. The SMILES string of the molecule is O=C(O)CSCC(O)C(=O)O. The molecule has 5 nitrogen and oxygen atoms in total. The van der Waals surface area contributed by atoms with E-state index in [1.165, 1.54) is 0 Å². The van der Waals surface area contributed by atoms with Crippen molar-refractivity contribution in [1.82, 2.24) is 0 Å². The van der Waals surface area contributed by atoms with Crippen molar-refractivity contribution in [3.05, 3.63) is 0 Å². The number of rotatable bonds is 5. The molecule has 0 aromatic heterocycles. The highest BCUT2D eigenvalue weighted by Gasteiger charge is 2.12. The number of thioether (sulfide) groups is 1. The van der Waals surface area contributed by atoms with Gasteiger partial charge in [0.15, 0.2) is 6.10 Å². The number of carbonyl (C=O) groups is 2. The van der Waals surface area contributed by atoms with Gasteiger partial charge in [-0.15, -0.1) is 11.8 Å². The summed E-state index contributed by atoms with van der Waals surface area (Å²) in [5.41, 5.74) is 0. The van der Waals surface area contributed by atoms with Crippen LogP contribution in [0.2, 0.25) is 0 Å². The summed E-state index contributed by atoms with van der Waals surface area (Å²) in [4.78, 5) is 19.9. The van der Waals surface area contributed by atoms with Crippen LogP contribution in [0.5, 0.6) is 0 Å². The Balaban J connectivity index is 3.39. The maximum absolute atomic E-state index is 9.96. The van der Waals surface area contributed by atoms with Crippen LogP contribution in [0.15, 0.2) is 0 Å². The molecule has 0 spiro atoms. The molecule has 0 aliphatic heterocycles. The molecule has 0 radical (unpaired) electrons. The van der Waals surface area contributed by atoms with Crippen LogP contribution in [-0.4, -0.2) is 44.9 Å². The molecule has 11 heavy (non-hydrogen) atoms. The lowest BCUT2D eigenvalue weighted by molar-refractivity contribution is -0.145. The van der Waals surface area contributed by atoms with E-state index in [-0.39, 0.29) is 11.5 Å². The van der Waals surface area contributed by atoms with E-state index in [4.69, 9.17) is 15.3 Å². The zero-order valence-electron chi connectivity index (χ0n) is 5.56. The minimum absolute atomic E-state index is 0.0956. The fourth-order valence-corrected chi connectivity index (χ4v) is 0.987. The predicted molar refractivity (Wildman–Crippen MR) is 38.6 cm³/mol. The number of aliphatic hydroxyl groups is 1. The van der Waals surface area contributed by atoms with E-state index in [9.17, 15) is 9.59 Å². The van der Waals surface area contributed by atoms with Crippen molar-refractivity contribution in [3.63, 3.8) is 0 Å². The van der Waals surface area contributed by atoms with Crippen molar-refractivity contribution in [3.8, 4) is 0 Å². The number of carboxylic acids is 2. The van der Waals surface area contributed by atoms with E-state index in [0.29, 0.717) is 0 Å². The zero-order chi connectivity index (χ0) is 8.85. The summed E-state index contributed by atoms with van der Waals surface area (Å²) in [6.45, 7) is 0. The molecule has 0 amide bonds. The van der Waals surface area contributed by atoms with Crippen LogP contribution in [0.1, 0.15) is 0 Å². The molecule has 1 atom stereocenters. The highest BCUT2D eigenvalue weighted by atomic mass is 32.2. The summed E-state index contributed by atoms with van der Waals surface area (Å²) in [5.74, 6) is -2.64. The second-order valence-electron chi connectivity index (χ2n) is 1.76. The van der Waals surface area contributed by atoms with Crippen molar-refractivity contribution in [2.45, 2.75) is 6.10 Å². The van der Waals surface area contributed by atoms with E-state index in [1.54, 1.807) is 0 Å². The monoisotopic (exact) mass is 180 g/mol. The number of hydrogen-bond acceptors (Lipinski definition) is 4. The fourth-order valence-electron chi connectivity index (χ4n) is 0.329. The van der Waals surface area contributed by atoms with Crippen molar-refractivity contribution < 1.29 is 24.9 Å². The van der Waals surface area contributed by atoms with E-state index in [2.05, 4.69) is 0 Å². The molecule has 1 unspecified atom stereocenters. The molecular weight excluding hydrogens is 172 g/mol. The van der Waals surface area contributed by atoms with Crippen molar-refractivity contribution in [2.24, 2.45) is 0 Å². The van der Waals surface area contributed by atoms with Gasteiger partial charge in [-0.1, -0.05) is 0 Å². The second kappa shape index (κ2) is 4.97. The van der Waals surface area contributed by atoms with Crippen molar-refractivity contribution in [2.75, 3.05) is 11.5 Å². The summed E-state index contributed by atoms with van der Waals surface area (Å²) < 4.78 is 0. The van der Waals surface area contributed by atoms with Gasteiger partial charge in [-0.2, -0.15) is 0 Å². The Bertz CT molecular complexity index is 157. The summed E-state index contributed by atoms with van der Waals surface area (Å²) >= 11 is 0.867. The lowest BCUT2D eigenvalue weighted by Crippen LogP contribution is -2.22. The molecule has 0 aromatic rings. The number of carboxylic acid groups (broad SMARTS) is 2. The number of aliphatic hydroxyl groups excluding tert-OH is 1. The number of hydrogen-bond donors (Lipinski definition) is 3. The molecule has 64 valence electrons. The van der Waals surface area contributed by atoms with Crippen LogP contribution < -0.4 is 0 Å². The summed E-state index contributed by atoms with van der Waals surface area (Å²) in [7, 11) is 0. The summed E-state index contributed by atoms with van der Waals surface area (Å²) in [5, 5.41) is 24.9. The molecular formula is C5H8O5S. The van der Waals surface area contributed by atoms with Crippen LogP contribution in [-0.2, 0) is 9.59 Å². The van der Waals surface area contributed by atoms with Gasteiger partial charge in [0.25, 0.3) is 0 Å². The first-order valence-electron chi connectivity index (χ1n) is 2.74. The van der Waals surface area contributed by atoms with Crippen LogP contribution in [0.25, 0.3) is 0 Å². The first kappa shape index (κ1) is 10.2. The molecule has 0 aliphatic carbocycles. The Morgan fingerprint density at radius 2 is 1.91 bits per heavy atom. The molecule has 0 saturated heterocycles.